The van der Waals surface area contributed by atoms with Gasteiger partial charge in [0.05, 0.1) is 17.5 Å². The van der Waals surface area contributed by atoms with Gasteiger partial charge in [-0.25, -0.2) is 0 Å². The van der Waals surface area contributed by atoms with E-state index in [2.05, 4.69) is 5.32 Å². The second-order valence-electron chi connectivity index (χ2n) is 5.35. The molecule has 8 heteroatoms. The van der Waals surface area contributed by atoms with Gasteiger partial charge in [-0.2, -0.15) is 13.2 Å². The van der Waals surface area contributed by atoms with Crippen molar-refractivity contribution in [1.82, 2.24) is 10.2 Å². The van der Waals surface area contributed by atoms with Crippen LogP contribution in [0.3, 0.4) is 0 Å². The van der Waals surface area contributed by atoms with E-state index in [1.165, 1.54) is 35.7 Å². The smallest absolute Gasteiger partial charge is 0.348 e. The minimum absolute atomic E-state index is 0.169. The molecule has 1 N–H and O–H groups in total. The maximum Gasteiger partial charge on any atom is 0.416 e. The van der Waals surface area contributed by atoms with Crippen molar-refractivity contribution in [2.45, 2.75) is 32.1 Å². The highest BCUT2D eigenvalue weighted by atomic mass is 32.2. The van der Waals surface area contributed by atoms with Crippen molar-refractivity contribution in [2.75, 3.05) is 11.6 Å². The van der Waals surface area contributed by atoms with Crippen molar-refractivity contribution in [1.29, 1.82) is 0 Å². The zero-order chi connectivity index (χ0) is 17.2. The maximum absolute atomic E-state index is 12.5. The molecule has 23 heavy (non-hydrogen) atoms. The first-order chi connectivity index (χ1) is 10.7. The molecule has 2 rings (SSSR count). The Bertz CT molecular complexity index is 589. The lowest BCUT2D eigenvalue weighted by molar-refractivity contribution is -0.137. The second kappa shape index (κ2) is 6.82. The highest BCUT2D eigenvalue weighted by molar-refractivity contribution is 7.99. The number of nitrogens with one attached hydrogen (secondary N) is 1. The first kappa shape index (κ1) is 17.7. The van der Waals surface area contributed by atoms with E-state index in [0.29, 0.717) is 17.2 Å². The van der Waals surface area contributed by atoms with Crippen LogP contribution < -0.4 is 5.32 Å². The van der Waals surface area contributed by atoms with Crippen molar-refractivity contribution in [3.8, 4) is 0 Å². The number of amides is 2. The van der Waals surface area contributed by atoms with Gasteiger partial charge in [0.1, 0.15) is 6.04 Å². The van der Waals surface area contributed by atoms with Gasteiger partial charge in [0, 0.05) is 12.7 Å². The van der Waals surface area contributed by atoms with Gasteiger partial charge in [-0.05, 0) is 24.6 Å². The molecule has 1 aliphatic rings. The summed E-state index contributed by atoms with van der Waals surface area (Å²) in [5.74, 6) is 0.530. The summed E-state index contributed by atoms with van der Waals surface area (Å²) in [6.07, 6.45) is -4.38. The third-order valence-corrected chi connectivity index (χ3v) is 4.70. The second-order valence-corrected chi connectivity index (χ2v) is 6.35. The largest absolute Gasteiger partial charge is 0.416 e. The summed E-state index contributed by atoms with van der Waals surface area (Å²) in [6, 6.07) is 3.70. The van der Waals surface area contributed by atoms with Gasteiger partial charge in [0.15, 0.2) is 0 Å². The Morgan fingerprint density at radius 1 is 1.30 bits per heavy atom. The molecule has 1 aromatic rings. The van der Waals surface area contributed by atoms with Crippen LogP contribution in [-0.2, 0) is 15.8 Å². The zero-order valence-corrected chi connectivity index (χ0v) is 13.5. The standard InChI is InChI=1S/C15H17F3N2O2S/c1-9(11-3-5-12(6-4-11)15(16,17)18)19-14(22)13-7-23-8-20(13)10(2)21/h3-6,9,13H,7-8H2,1-2H3,(H,19,22)/t9-,13+/m1/s1. The highest BCUT2D eigenvalue weighted by Crippen LogP contribution is 2.30. The third kappa shape index (κ3) is 4.19. The van der Waals surface area contributed by atoms with E-state index in [9.17, 15) is 22.8 Å². The van der Waals surface area contributed by atoms with E-state index in [0.717, 1.165) is 12.1 Å². The topological polar surface area (TPSA) is 49.4 Å². The Balaban J connectivity index is 2.02. The molecule has 2 atom stereocenters. The van der Waals surface area contributed by atoms with Crippen molar-refractivity contribution in [2.24, 2.45) is 0 Å². The molecule has 0 aliphatic carbocycles. The molecule has 2 amide bonds. The molecule has 0 unspecified atom stereocenters. The molecular formula is C15H17F3N2O2S. The summed E-state index contributed by atoms with van der Waals surface area (Å²) >= 11 is 1.49. The van der Waals surface area contributed by atoms with Crippen LogP contribution >= 0.6 is 11.8 Å². The van der Waals surface area contributed by atoms with E-state index >= 15 is 0 Å². The summed E-state index contributed by atoms with van der Waals surface area (Å²) in [4.78, 5) is 25.2. The van der Waals surface area contributed by atoms with Gasteiger partial charge in [0.2, 0.25) is 11.8 Å². The van der Waals surface area contributed by atoms with Crippen LogP contribution in [-0.4, -0.2) is 34.4 Å². The fourth-order valence-corrected chi connectivity index (χ4v) is 3.54. The molecule has 0 saturated carbocycles. The number of nitrogens with zero attached hydrogens (tertiary/aromatic N) is 1. The molecule has 1 saturated heterocycles. The third-order valence-electron chi connectivity index (χ3n) is 3.69. The van der Waals surface area contributed by atoms with E-state index in [1.807, 2.05) is 0 Å². The van der Waals surface area contributed by atoms with Gasteiger partial charge in [-0.15, -0.1) is 11.8 Å². The molecule has 1 aliphatic heterocycles. The first-order valence-electron chi connectivity index (χ1n) is 7.02. The molecule has 0 bridgehead atoms. The van der Waals surface area contributed by atoms with E-state index in [-0.39, 0.29) is 11.8 Å². The van der Waals surface area contributed by atoms with Crippen molar-refractivity contribution >= 4 is 23.6 Å². The van der Waals surface area contributed by atoms with Crippen LogP contribution in [0.25, 0.3) is 0 Å². The van der Waals surface area contributed by atoms with Gasteiger partial charge in [0.25, 0.3) is 0 Å². The first-order valence-corrected chi connectivity index (χ1v) is 8.18. The molecule has 1 fully saturated rings. The zero-order valence-electron chi connectivity index (χ0n) is 12.7. The normalized spacial score (nSPS) is 19.5. The molecule has 1 aromatic carbocycles. The number of carbonyl (C=O) groups excluding carboxylic acids is 2. The Hall–Kier alpha value is -1.70. The number of hydrogen-bond donors (Lipinski definition) is 1. The fraction of sp³-hybridized carbons (Fsp3) is 0.467. The van der Waals surface area contributed by atoms with Crippen LogP contribution in [0.4, 0.5) is 13.2 Å². The lowest BCUT2D eigenvalue weighted by atomic mass is 10.1. The fourth-order valence-electron chi connectivity index (χ4n) is 2.32. The predicted molar refractivity (Wildman–Crippen MR) is 81.6 cm³/mol. The Labute approximate surface area is 136 Å². The van der Waals surface area contributed by atoms with E-state index in [1.54, 1.807) is 6.92 Å². The number of benzene rings is 1. The quantitative estimate of drug-likeness (QED) is 0.916. The molecule has 1 heterocycles. The van der Waals surface area contributed by atoms with E-state index in [4.69, 9.17) is 0 Å². The van der Waals surface area contributed by atoms with Crippen LogP contribution in [0.2, 0.25) is 0 Å². The molecule has 0 aromatic heterocycles. The number of rotatable bonds is 3. The number of carbonyl (C=O) groups is 2. The van der Waals surface area contributed by atoms with Crippen molar-refractivity contribution in [3.63, 3.8) is 0 Å². The molecule has 126 valence electrons. The van der Waals surface area contributed by atoms with Crippen LogP contribution in [0.5, 0.6) is 0 Å². The van der Waals surface area contributed by atoms with Crippen molar-refractivity contribution in [3.05, 3.63) is 35.4 Å². The summed E-state index contributed by atoms with van der Waals surface area (Å²) in [5.41, 5.74) is -0.152. The summed E-state index contributed by atoms with van der Waals surface area (Å²) in [6.45, 7) is 3.10. The summed E-state index contributed by atoms with van der Waals surface area (Å²) in [5, 5.41) is 2.75. The van der Waals surface area contributed by atoms with Crippen LogP contribution in [0.15, 0.2) is 24.3 Å². The molecule has 4 nitrogen and oxygen atoms in total. The Morgan fingerprint density at radius 3 is 2.43 bits per heavy atom. The summed E-state index contributed by atoms with van der Waals surface area (Å²) < 4.78 is 37.6. The monoisotopic (exact) mass is 346 g/mol. The molecule has 0 spiro atoms. The average molecular weight is 346 g/mol. The van der Waals surface area contributed by atoms with E-state index < -0.39 is 23.8 Å². The van der Waals surface area contributed by atoms with Gasteiger partial charge in [-0.1, -0.05) is 12.1 Å². The van der Waals surface area contributed by atoms with Gasteiger partial charge < -0.3 is 10.2 Å². The molecular weight excluding hydrogens is 329 g/mol. The SMILES string of the molecule is CC(=O)N1CSC[C@H]1C(=O)N[C@H](C)c1ccc(C(F)(F)F)cc1. The number of thioether (sulfide) groups is 1. The number of alkyl halides is 3. The van der Waals surface area contributed by atoms with Gasteiger partial charge >= 0.3 is 6.18 Å². The highest BCUT2D eigenvalue weighted by Gasteiger charge is 2.34. The van der Waals surface area contributed by atoms with Crippen LogP contribution in [0, 0.1) is 0 Å². The number of hydrogen-bond acceptors (Lipinski definition) is 3. The van der Waals surface area contributed by atoms with Crippen LogP contribution in [0.1, 0.15) is 31.0 Å². The Kier molecular flexibility index (Phi) is 5.23. The average Bonchev–Trinajstić information content (AvgIpc) is 2.96. The number of halogens is 3. The minimum atomic E-state index is -4.38. The Morgan fingerprint density at radius 2 is 1.91 bits per heavy atom. The minimum Gasteiger partial charge on any atom is -0.348 e. The lowest BCUT2D eigenvalue weighted by Gasteiger charge is -2.24. The molecule has 0 radical (unpaired) electrons. The predicted octanol–water partition coefficient (Wildman–Crippen LogP) is 2.80. The summed E-state index contributed by atoms with van der Waals surface area (Å²) in [7, 11) is 0. The van der Waals surface area contributed by atoms with Crippen molar-refractivity contribution < 1.29 is 22.8 Å². The lowest BCUT2D eigenvalue weighted by Crippen LogP contribution is -2.47. The maximum atomic E-state index is 12.5. The van der Waals surface area contributed by atoms with Gasteiger partial charge in [-0.3, -0.25) is 9.59 Å².